The van der Waals surface area contributed by atoms with Crippen molar-refractivity contribution in [2.75, 3.05) is 10.6 Å². The maximum absolute atomic E-state index is 14.0. The van der Waals surface area contributed by atoms with Crippen LogP contribution in [0.5, 0.6) is 0 Å². The first-order valence-electron chi connectivity index (χ1n) is 8.94. The highest BCUT2D eigenvalue weighted by atomic mass is 19.2. The number of fused-ring (bicyclic) bond motifs is 4. The van der Waals surface area contributed by atoms with Gasteiger partial charge < -0.3 is 10.6 Å². The summed E-state index contributed by atoms with van der Waals surface area (Å²) >= 11 is 0. The Morgan fingerprint density at radius 3 is 2.23 bits per heavy atom. The summed E-state index contributed by atoms with van der Waals surface area (Å²) in [5.41, 5.74) is 0.964. The van der Waals surface area contributed by atoms with Crippen LogP contribution in [0.3, 0.4) is 0 Å². The second kappa shape index (κ2) is 5.15. The fraction of sp³-hybridized carbons (Fsp3) is 0.400. The maximum atomic E-state index is 14.0. The number of hydrogen-bond acceptors (Lipinski definition) is 2. The first-order chi connectivity index (χ1) is 12.4. The minimum atomic E-state index is -0.930. The number of anilines is 2. The van der Waals surface area contributed by atoms with Gasteiger partial charge in [-0.2, -0.15) is 0 Å². The Hall–Kier alpha value is -2.24. The minimum Gasteiger partial charge on any atom is -0.379 e. The molecular weight excluding hydrogens is 344 g/mol. The van der Waals surface area contributed by atoms with E-state index in [4.69, 9.17) is 0 Å². The molecule has 26 heavy (non-hydrogen) atoms. The Bertz CT molecular complexity index is 909. The van der Waals surface area contributed by atoms with Crippen molar-refractivity contribution in [3.63, 3.8) is 0 Å². The fourth-order valence-electron chi connectivity index (χ4n) is 5.10. The van der Waals surface area contributed by atoms with Gasteiger partial charge in [0.05, 0.1) is 5.54 Å². The zero-order valence-electron chi connectivity index (χ0n) is 14.0. The molecule has 5 rings (SSSR count). The molecule has 0 saturated heterocycles. The topological polar surface area (TPSA) is 24.1 Å². The third kappa shape index (κ3) is 1.98. The van der Waals surface area contributed by atoms with Gasteiger partial charge in [-0.3, -0.25) is 0 Å². The molecule has 2 aliphatic carbocycles. The van der Waals surface area contributed by atoms with Gasteiger partial charge in [0.15, 0.2) is 23.3 Å². The second-order valence-electron chi connectivity index (χ2n) is 7.76. The van der Waals surface area contributed by atoms with Crippen LogP contribution in [0.15, 0.2) is 30.3 Å². The summed E-state index contributed by atoms with van der Waals surface area (Å²) in [5.74, 6) is -3.43. The fourth-order valence-corrected chi connectivity index (χ4v) is 5.10. The van der Waals surface area contributed by atoms with Crippen LogP contribution in [0.25, 0.3) is 0 Å². The van der Waals surface area contributed by atoms with Crippen molar-refractivity contribution in [2.45, 2.75) is 43.2 Å². The highest BCUT2D eigenvalue weighted by Gasteiger charge is 2.63. The van der Waals surface area contributed by atoms with E-state index < -0.39 is 28.8 Å². The molecule has 2 nitrogen and oxygen atoms in total. The van der Waals surface area contributed by atoms with Crippen LogP contribution in [-0.2, 0) is 5.54 Å². The van der Waals surface area contributed by atoms with E-state index in [2.05, 4.69) is 10.6 Å². The number of halogens is 4. The van der Waals surface area contributed by atoms with E-state index in [-0.39, 0.29) is 11.5 Å². The Morgan fingerprint density at radius 1 is 0.885 bits per heavy atom. The quantitative estimate of drug-likeness (QED) is 0.708. The molecule has 2 N–H and O–H groups in total. The van der Waals surface area contributed by atoms with Crippen molar-refractivity contribution in [1.29, 1.82) is 0 Å². The summed E-state index contributed by atoms with van der Waals surface area (Å²) in [6.07, 6.45) is 4.71. The molecule has 1 aliphatic heterocycles. The highest BCUT2D eigenvalue weighted by Crippen LogP contribution is 2.63. The van der Waals surface area contributed by atoms with Crippen LogP contribution in [-0.4, -0.2) is 5.54 Å². The number of rotatable bonds is 2. The summed E-state index contributed by atoms with van der Waals surface area (Å²) in [7, 11) is 0. The molecule has 2 saturated carbocycles. The molecular formula is C20H18F4N2. The molecule has 3 aliphatic rings. The first-order valence-corrected chi connectivity index (χ1v) is 8.94. The Balaban J connectivity index is 1.64. The van der Waals surface area contributed by atoms with Gasteiger partial charge in [0.2, 0.25) is 0 Å². The number of hydrogen-bond donors (Lipinski definition) is 2. The van der Waals surface area contributed by atoms with E-state index in [9.17, 15) is 17.6 Å². The standard InChI is InChI=1S/C20H18F4N2/c21-13-3-2-11(8-14(13)22)25-20-7-4-18(20)19(5-1-6-19)26-17-10-16(24)15(23)9-12(17)20/h2-3,8-10,18,25-26H,1,4-7H2. The monoisotopic (exact) mass is 362 g/mol. The first kappa shape index (κ1) is 16.0. The van der Waals surface area contributed by atoms with Gasteiger partial charge in [-0.1, -0.05) is 0 Å². The lowest BCUT2D eigenvalue weighted by atomic mass is 9.48. The molecule has 2 aromatic carbocycles. The van der Waals surface area contributed by atoms with E-state index in [1.807, 2.05) is 0 Å². The molecule has 2 atom stereocenters. The smallest absolute Gasteiger partial charge is 0.160 e. The molecule has 1 spiro atoms. The highest BCUT2D eigenvalue weighted by molar-refractivity contribution is 5.66. The zero-order valence-corrected chi connectivity index (χ0v) is 14.0. The van der Waals surface area contributed by atoms with Crippen molar-refractivity contribution in [2.24, 2.45) is 5.92 Å². The van der Waals surface area contributed by atoms with E-state index >= 15 is 0 Å². The molecule has 0 amide bonds. The summed E-state index contributed by atoms with van der Waals surface area (Å²) in [5, 5.41) is 6.81. The van der Waals surface area contributed by atoms with Gasteiger partial charge in [-0.25, -0.2) is 17.6 Å². The van der Waals surface area contributed by atoms with Gasteiger partial charge in [0.25, 0.3) is 0 Å². The Morgan fingerprint density at radius 2 is 1.62 bits per heavy atom. The molecule has 2 unspecified atom stereocenters. The average molecular weight is 362 g/mol. The van der Waals surface area contributed by atoms with Crippen molar-refractivity contribution < 1.29 is 17.6 Å². The normalized spacial score (nSPS) is 27.6. The largest absolute Gasteiger partial charge is 0.379 e. The summed E-state index contributed by atoms with van der Waals surface area (Å²) in [4.78, 5) is 0. The molecule has 136 valence electrons. The summed E-state index contributed by atoms with van der Waals surface area (Å²) in [6.45, 7) is 0. The predicted molar refractivity (Wildman–Crippen MR) is 90.9 cm³/mol. The lowest BCUT2D eigenvalue weighted by Gasteiger charge is -2.65. The van der Waals surface area contributed by atoms with Crippen molar-refractivity contribution in [3.05, 3.63) is 59.2 Å². The van der Waals surface area contributed by atoms with Crippen molar-refractivity contribution >= 4 is 11.4 Å². The predicted octanol–water partition coefficient (Wildman–Crippen LogP) is 5.31. The molecule has 0 radical (unpaired) electrons. The minimum absolute atomic E-state index is 0.138. The molecule has 0 bridgehead atoms. The van der Waals surface area contributed by atoms with Gasteiger partial charge >= 0.3 is 0 Å². The van der Waals surface area contributed by atoms with Gasteiger partial charge in [-0.15, -0.1) is 0 Å². The summed E-state index contributed by atoms with van der Waals surface area (Å²) in [6, 6.07) is 6.14. The van der Waals surface area contributed by atoms with Gasteiger partial charge in [-0.05, 0) is 50.3 Å². The molecule has 0 aromatic heterocycles. The molecule has 6 heteroatoms. The summed E-state index contributed by atoms with van der Waals surface area (Å²) < 4.78 is 54.8. The third-order valence-electron chi connectivity index (χ3n) is 6.55. The average Bonchev–Trinajstić information content (AvgIpc) is 2.55. The molecule has 1 heterocycles. The molecule has 2 aromatic rings. The SMILES string of the molecule is Fc1ccc(NC23CCC2C2(CCC2)Nc2cc(F)c(F)cc23)cc1F. The van der Waals surface area contributed by atoms with Crippen molar-refractivity contribution in [1.82, 2.24) is 0 Å². The maximum Gasteiger partial charge on any atom is 0.160 e. The van der Waals surface area contributed by atoms with E-state index in [0.29, 0.717) is 16.9 Å². The third-order valence-corrected chi connectivity index (χ3v) is 6.55. The molecule has 2 fully saturated rings. The lowest BCUT2D eigenvalue weighted by Crippen LogP contribution is -2.68. The van der Waals surface area contributed by atoms with Crippen molar-refractivity contribution in [3.8, 4) is 0 Å². The van der Waals surface area contributed by atoms with Crippen LogP contribution in [0.2, 0.25) is 0 Å². The van der Waals surface area contributed by atoms with Crippen LogP contribution < -0.4 is 10.6 Å². The Kier molecular flexibility index (Phi) is 3.16. The zero-order chi connectivity index (χ0) is 18.1. The second-order valence-corrected chi connectivity index (χ2v) is 7.76. The van der Waals surface area contributed by atoms with E-state index in [0.717, 1.165) is 44.2 Å². The van der Waals surface area contributed by atoms with Crippen LogP contribution in [0.1, 0.15) is 37.7 Å². The van der Waals surface area contributed by atoms with Gasteiger partial charge in [0.1, 0.15) is 0 Å². The van der Waals surface area contributed by atoms with Crippen LogP contribution in [0, 0.1) is 29.2 Å². The van der Waals surface area contributed by atoms with E-state index in [1.165, 1.54) is 18.2 Å². The van der Waals surface area contributed by atoms with Crippen LogP contribution >= 0.6 is 0 Å². The van der Waals surface area contributed by atoms with Gasteiger partial charge in [0, 0.05) is 40.5 Å². The van der Waals surface area contributed by atoms with E-state index in [1.54, 1.807) is 0 Å². The number of nitrogens with one attached hydrogen (secondary N) is 2. The Labute approximate surface area is 148 Å². The lowest BCUT2D eigenvalue weighted by molar-refractivity contribution is 0.0193. The van der Waals surface area contributed by atoms with Crippen LogP contribution in [0.4, 0.5) is 28.9 Å². The number of benzene rings is 2.